The topological polar surface area (TPSA) is 39.3 Å². The van der Waals surface area contributed by atoms with E-state index in [2.05, 4.69) is 22.5 Å². The molecule has 0 atom stereocenters. The Kier molecular flexibility index (Phi) is 2.16. The molecule has 4 nitrogen and oxygen atoms in total. The van der Waals surface area contributed by atoms with E-state index < -0.39 is 0 Å². The molecule has 0 aliphatic heterocycles. The van der Waals surface area contributed by atoms with E-state index in [1.165, 1.54) is 16.9 Å². The van der Waals surface area contributed by atoms with E-state index >= 15 is 0 Å². The van der Waals surface area contributed by atoms with E-state index in [1.807, 2.05) is 30.0 Å². The highest BCUT2D eigenvalue weighted by atomic mass is 32.1. The van der Waals surface area contributed by atoms with E-state index in [0.717, 1.165) is 22.6 Å². The maximum Gasteiger partial charge on any atom is 0.194 e. The van der Waals surface area contributed by atoms with E-state index in [1.54, 1.807) is 0 Å². The van der Waals surface area contributed by atoms with Gasteiger partial charge in [0.1, 0.15) is 5.69 Å². The largest absolute Gasteiger partial charge is 0.349 e. The van der Waals surface area contributed by atoms with Crippen LogP contribution in [0, 0.1) is 6.92 Å². The van der Waals surface area contributed by atoms with Crippen LogP contribution in [-0.4, -0.2) is 20.2 Å². The average Bonchev–Trinajstić information content (AvgIpc) is 2.91. The van der Waals surface area contributed by atoms with Crippen molar-refractivity contribution in [1.82, 2.24) is 14.0 Å². The Hall–Kier alpha value is -1.88. The number of carbonyl (C=O) groups is 1. The highest BCUT2D eigenvalue weighted by Crippen LogP contribution is 2.25. The standard InChI is InChI=1S/C12H11N3OS/c1-8-3-4-14(2)11(8)10-6-15-5-9(7-16)17-12(15)13-10/h3-7H,1-2H3. The van der Waals surface area contributed by atoms with Crippen molar-refractivity contribution in [2.75, 3.05) is 0 Å². The van der Waals surface area contributed by atoms with Gasteiger partial charge in [0.15, 0.2) is 11.2 Å². The van der Waals surface area contributed by atoms with Crippen LogP contribution >= 0.6 is 11.3 Å². The third-order valence-electron chi connectivity index (χ3n) is 2.81. The molecule has 0 spiro atoms. The summed E-state index contributed by atoms with van der Waals surface area (Å²) < 4.78 is 3.96. The molecule has 0 saturated carbocycles. The van der Waals surface area contributed by atoms with Crippen LogP contribution in [0.4, 0.5) is 0 Å². The third-order valence-corrected chi connectivity index (χ3v) is 3.73. The highest BCUT2D eigenvalue weighted by molar-refractivity contribution is 7.18. The molecule has 3 aromatic heterocycles. The summed E-state index contributed by atoms with van der Waals surface area (Å²) in [7, 11) is 2.01. The lowest BCUT2D eigenvalue weighted by Gasteiger charge is -2.00. The fourth-order valence-corrected chi connectivity index (χ4v) is 2.80. The van der Waals surface area contributed by atoms with Crippen molar-refractivity contribution < 1.29 is 4.79 Å². The number of nitrogens with zero attached hydrogens (tertiary/aromatic N) is 3. The molecule has 3 rings (SSSR count). The summed E-state index contributed by atoms with van der Waals surface area (Å²) in [6, 6.07) is 2.07. The predicted octanol–water partition coefficient (Wildman–Crippen LogP) is 2.52. The quantitative estimate of drug-likeness (QED) is 0.651. The summed E-state index contributed by atoms with van der Waals surface area (Å²) >= 11 is 1.40. The molecule has 3 aromatic rings. The molecular formula is C12H11N3OS. The molecule has 0 amide bonds. The van der Waals surface area contributed by atoms with Crippen molar-refractivity contribution in [3.05, 3.63) is 35.1 Å². The first-order valence-electron chi connectivity index (χ1n) is 5.25. The number of fused-ring (bicyclic) bond motifs is 1. The van der Waals surface area contributed by atoms with Crippen molar-refractivity contribution >= 4 is 22.6 Å². The number of rotatable bonds is 2. The molecule has 0 N–H and O–H groups in total. The third kappa shape index (κ3) is 1.51. The molecule has 5 heteroatoms. The Labute approximate surface area is 102 Å². The van der Waals surface area contributed by atoms with Gasteiger partial charge in [-0.1, -0.05) is 11.3 Å². The minimum absolute atomic E-state index is 0.697. The Bertz CT molecular complexity index is 654. The van der Waals surface area contributed by atoms with Crippen LogP contribution in [0.2, 0.25) is 0 Å². The fourth-order valence-electron chi connectivity index (χ4n) is 2.02. The summed E-state index contributed by atoms with van der Waals surface area (Å²) in [5.41, 5.74) is 3.26. The van der Waals surface area contributed by atoms with E-state index in [0.29, 0.717) is 4.88 Å². The maximum atomic E-state index is 10.7. The Morgan fingerprint density at radius 1 is 1.41 bits per heavy atom. The van der Waals surface area contributed by atoms with Crippen molar-refractivity contribution in [3.63, 3.8) is 0 Å². The second-order valence-corrected chi connectivity index (χ2v) is 5.07. The molecule has 0 fully saturated rings. The number of aryl methyl sites for hydroxylation is 2. The first-order valence-corrected chi connectivity index (χ1v) is 6.06. The van der Waals surface area contributed by atoms with E-state index in [-0.39, 0.29) is 0 Å². The van der Waals surface area contributed by atoms with Crippen LogP contribution in [-0.2, 0) is 7.05 Å². The highest BCUT2D eigenvalue weighted by Gasteiger charge is 2.12. The van der Waals surface area contributed by atoms with Gasteiger partial charge in [-0.25, -0.2) is 4.98 Å². The molecule has 0 aliphatic carbocycles. The predicted molar refractivity (Wildman–Crippen MR) is 67.6 cm³/mol. The van der Waals surface area contributed by atoms with Gasteiger partial charge in [0.2, 0.25) is 0 Å². The van der Waals surface area contributed by atoms with Gasteiger partial charge in [-0.3, -0.25) is 9.20 Å². The van der Waals surface area contributed by atoms with Crippen LogP contribution in [0.3, 0.4) is 0 Å². The molecule has 3 heterocycles. The van der Waals surface area contributed by atoms with Crippen molar-refractivity contribution in [3.8, 4) is 11.4 Å². The van der Waals surface area contributed by atoms with Gasteiger partial charge in [-0.2, -0.15) is 0 Å². The zero-order chi connectivity index (χ0) is 12.0. The van der Waals surface area contributed by atoms with Crippen molar-refractivity contribution in [2.24, 2.45) is 7.05 Å². The minimum atomic E-state index is 0.697. The first kappa shape index (κ1) is 10.3. The first-order chi connectivity index (χ1) is 8.19. The number of imidazole rings is 1. The van der Waals surface area contributed by atoms with Crippen molar-refractivity contribution in [1.29, 1.82) is 0 Å². The second-order valence-electron chi connectivity index (χ2n) is 4.03. The van der Waals surface area contributed by atoms with Crippen LogP contribution in [0.5, 0.6) is 0 Å². The van der Waals surface area contributed by atoms with Gasteiger partial charge >= 0.3 is 0 Å². The maximum absolute atomic E-state index is 10.7. The average molecular weight is 245 g/mol. The summed E-state index contributed by atoms with van der Waals surface area (Å²) in [4.78, 5) is 16.8. The van der Waals surface area contributed by atoms with Crippen LogP contribution < -0.4 is 0 Å². The molecule has 0 unspecified atom stereocenters. The molecule has 0 radical (unpaired) electrons. The van der Waals surface area contributed by atoms with Crippen molar-refractivity contribution in [2.45, 2.75) is 6.92 Å². The summed E-state index contributed by atoms with van der Waals surface area (Å²) in [6.45, 7) is 2.07. The number of aldehydes is 1. The number of carbonyl (C=O) groups excluding carboxylic acids is 1. The summed E-state index contributed by atoms with van der Waals surface area (Å²) in [6.07, 6.45) is 6.64. The molecule has 86 valence electrons. The molecule has 0 bridgehead atoms. The van der Waals surface area contributed by atoms with E-state index in [9.17, 15) is 4.79 Å². The lowest BCUT2D eigenvalue weighted by atomic mass is 10.2. The Morgan fingerprint density at radius 3 is 2.82 bits per heavy atom. The number of aromatic nitrogens is 3. The SMILES string of the molecule is Cc1ccn(C)c1-c1cn2cc(C=O)sc2n1. The molecule has 0 aromatic carbocycles. The Balaban J connectivity index is 2.18. The second kappa shape index (κ2) is 3.56. The van der Waals surface area contributed by atoms with Crippen LogP contribution in [0.25, 0.3) is 16.3 Å². The van der Waals surface area contributed by atoms with E-state index in [4.69, 9.17) is 0 Å². The van der Waals surface area contributed by atoms with Gasteiger partial charge in [0.05, 0.1) is 10.6 Å². The van der Waals surface area contributed by atoms with Crippen LogP contribution in [0.1, 0.15) is 15.2 Å². The molecule has 0 aliphatic rings. The Morgan fingerprint density at radius 2 is 2.24 bits per heavy atom. The zero-order valence-electron chi connectivity index (χ0n) is 9.54. The lowest BCUT2D eigenvalue weighted by molar-refractivity contribution is 0.112. The number of hydrogen-bond acceptors (Lipinski definition) is 3. The molecular weight excluding hydrogens is 234 g/mol. The van der Waals surface area contributed by atoms with Gasteiger partial charge in [0, 0.05) is 25.6 Å². The number of hydrogen-bond donors (Lipinski definition) is 0. The molecule has 17 heavy (non-hydrogen) atoms. The minimum Gasteiger partial charge on any atom is -0.349 e. The van der Waals surface area contributed by atoms with Gasteiger partial charge in [-0.05, 0) is 18.6 Å². The lowest BCUT2D eigenvalue weighted by Crippen LogP contribution is -1.91. The van der Waals surface area contributed by atoms with Gasteiger partial charge in [0.25, 0.3) is 0 Å². The summed E-state index contributed by atoms with van der Waals surface area (Å²) in [5, 5.41) is 0. The monoisotopic (exact) mass is 245 g/mol. The number of thiazole rings is 1. The normalized spacial score (nSPS) is 11.2. The fraction of sp³-hybridized carbons (Fsp3) is 0.167. The van der Waals surface area contributed by atoms with Gasteiger partial charge in [-0.15, -0.1) is 0 Å². The zero-order valence-corrected chi connectivity index (χ0v) is 10.4. The van der Waals surface area contributed by atoms with Crippen LogP contribution in [0.15, 0.2) is 24.7 Å². The smallest absolute Gasteiger partial charge is 0.194 e. The molecule has 0 saturated heterocycles. The summed E-state index contributed by atoms with van der Waals surface area (Å²) in [5.74, 6) is 0. The van der Waals surface area contributed by atoms with Gasteiger partial charge < -0.3 is 4.57 Å².